The largest absolute Gasteiger partial charge is 0.450 e. The summed E-state index contributed by atoms with van der Waals surface area (Å²) in [6, 6.07) is 10.5. The molecule has 1 aromatic heterocycles. The lowest BCUT2D eigenvalue weighted by atomic mass is 10.2. The van der Waals surface area contributed by atoms with Gasteiger partial charge in [-0.25, -0.2) is 13.1 Å². The van der Waals surface area contributed by atoms with Crippen LogP contribution in [0.4, 0.5) is 0 Å². The minimum Gasteiger partial charge on any atom is -0.450 e. The summed E-state index contributed by atoms with van der Waals surface area (Å²) < 4.78 is 31.7. The summed E-state index contributed by atoms with van der Waals surface area (Å²) in [6.07, 6.45) is 0. The normalized spacial score (nSPS) is 11.7. The van der Waals surface area contributed by atoms with Gasteiger partial charge >= 0.3 is 0 Å². The Hall–Kier alpha value is -1.15. The van der Waals surface area contributed by atoms with Crippen LogP contribution in [0.5, 0.6) is 0 Å². The van der Waals surface area contributed by atoms with Gasteiger partial charge in [0.15, 0.2) is 4.67 Å². The number of nitrogens with one attached hydrogen (secondary N) is 1. The van der Waals surface area contributed by atoms with E-state index in [0.717, 1.165) is 5.56 Å². The topological polar surface area (TPSA) is 79.5 Å². The van der Waals surface area contributed by atoms with Crippen molar-refractivity contribution >= 4 is 26.0 Å². The third kappa shape index (κ3) is 3.44. The smallest absolute Gasteiger partial charge is 0.245 e. The molecule has 5 nitrogen and oxygen atoms in total. The third-order valence-corrected chi connectivity index (χ3v) is 4.72. The SMILES string of the molecule is O=S(=O)(NCc1ccccc1)c1cc(CO)oc1Br. The van der Waals surface area contributed by atoms with Crippen LogP contribution in [-0.2, 0) is 23.2 Å². The Morgan fingerprint density at radius 1 is 1.26 bits per heavy atom. The molecular weight excluding hydrogens is 334 g/mol. The third-order valence-electron chi connectivity index (χ3n) is 2.46. The van der Waals surface area contributed by atoms with Crippen molar-refractivity contribution in [2.24, 2.45) is 0 Å². The van der Waals surface area contributed by atoms with E-state index in [2.05, 4.69) is 20.7 Å². The Bertz CT molecular complexity index is 652. The predicted molar refractivity (Wildman–Crippen MR) is 72.8 cm³/mol. The highest BCUT2D eigenvalue weighted by Gasteiger charge is 2.21. The second kappa shape index (κ2) is 5.87. The number of benzene rings is 1. The number of furan rings is 1. The highest BCUT2D eigenvalue weighted by molar-refractivity contribution is 9.10. The Labute approximate surface area is 119 Å². The molecule has 2 rings (SSSR count). The molecule has 19 heavy (non-hydrogen) atoms. The Balaban J connectivity index is 2.16. The fraction of sp³-hybridized carbons (Fsp3) is 0.167. The number of hydrogen-bond acceptors (Lipinski definition) is 4. The van der Waals surface area contributed by atoms with Crippen molar-refractivity contribution in [3.63, 3.8) is 0 Å². The molecule has 2 N–H and O–H groups in total. The zero-order valence-corrected chi connectivity index (χ0v) is 12.2. The van der Waals surface area contributed by atoms with Crippen LogP contribution in [0.1, 0.15) is 11.3 Å². The Morgan fingerprint density at radius 3 is 2.53 bits per heavy atom. The first-order valence-electron chi connectivity index (χ1n) is 5.45. The molecule has 0 unspecified atom stereocenters. The van der Waals surface area contributed by atoms with Gasteiger partial charge in [-0.1, -0.05) is 30.3 Å². The van der Waals surface area contributed by atoms with Crippen LogP contribution in [0.25, 0.3) is 0 Å². The highest BCUT2D eigenvalue weighted by atomic mass is 79.9. The van der Waals surface area contributed by atoms with Crippen molar-refractivity contribution in [3.8, 4) is 0 Å². The van der Waals surface area contributed by atoms with E-state index in [-0.39, 0.29) is 28.5 Å². The first-order valence-corrected chi connectivity index (χ1v) is 7.73. The summed E-state index contributed by atoms with van der Waals surface area (Å²) in [5.74, 6) is 0.187. The zero-order chi connectivity index (χ0) is 13.9. The van der Waals surface area contributed by atoms with Crippen LogP contribution < -0.4 is 4.72 Å². The van der Waals surface area contributed by atoms with E-state index in [9.17, 15) is 8.42 Å². The number of halogens is 1. The van der Waals surface area contributed by atoms with Crippen molar-refractivity contribution < 1.29 is 17.9 Å². The van der Waals surface area contributed by atoms with Gasteiger partial charge in [0.2, 0.25) is 10.0 Å². The van der Waals surface area contributed by atoms with Gasteiger partial charge in [-0.15, -0.1) is 0 Å². The van der Waals surface area contributed by atoms with Crippen LogP contribution in [0.15, 0.2) is 50.4 Å². The maximum atomic E-state index is 12.1. The molecule has 0 spiro atoms. The van der Waals surface area contributed by atoms with Crippen LogP contribution in [-0.4, -0.2) is 13.5 Å². The van der Waals surface area contributed by atoms with Gasteiger partial charge in [0.1, 0.15) is 17.3 Å². The molecule has 0 bridgehead atoms. The zero-order valence-electron chi connectivity index (χ0n) is 9.84. The molecule has 0 amide bonds. The first kappa shape index (κ1) is 14.3. The summed E-state index contributed by atoms with van der Waals surface area (Å²) in [7, 11) is -3.68. The molecular formula is C12H12BrNO4S. The molecule has 0 fully saturated rings. The highest BCUT2D eigenvalue weighted by Crippen LogP contribution is 2.26. The van der Waals surface area contributed by atoms with Gasteiger partial charge in [0.25, 0.3) is 0 Å². The maximum Gasteiger partial charge on any atom is 0.245 e. The molecule has 0 saturated heterocycles. The van der Waals surface area contributed by atoms with Crippen LogP contribution in [0.3, 0.4) is 0 Å². The van der Waals surface area contributed by atoms with Gasteiger partial charge in [-0.05, 0) is 21.5 Å². The van der Waals surface area contributed by atoms with Gasteiger partial charge in [0.05, 0.1) is 0 Å². The Morgan fingerprint density at radius 2 is 1.95 bits per heavy atom. The minimum atomic E-state index is -3.68. The van der Waals surface area contributed by atoms with E-state index in [1.54, 1.807) is 0 Å². The molecule has 0 radical (unpaired) electrons. The van der Waals surface area contributed by atoms with E-state index >= 15 is 0 Å². The second-order valence-corrected chi connectivity index (χ2v) is 6.27. The van der Waals surface area contributed by atoms with Gasteiger partial charge in [-0.2, -0.15) is 0 Å². The number of hydrogen-bond donors (Lipinski definition) is 2. The van der Waals surface area contributed by atoms with Crippen molar-refractivity contribution in [1.29, 1.82) is 0 Å². The van der Waals surface area contributed by atoms with Crippen LogP contribution in [0, 0.1) is 0 Å². The maximum absolute atomic E-state index is 12.1. The molecule has 0 aliphatic heterocycles. The summed E-state index contributed by atoms with van der Waals surface area (Å²) in [5, 5.41) is 8.92. The van der Waals surface area contributed by atoms with Gasteiger partial charge < -0.3 is 9.52 Å². The molecule has 7 heteroatoms. The molecule has 0 aliphatic rings. The van der Waals surface area contributed by atoms with E-state index in [4.69, 9.17) is 9.52 Å². The average molecular weight is 346 g/mol. The van der Waals surface area contributed by atoms with E-state index in [0.29, 0.717) is 0 Å². The van der Waals surface area contributed by atoms with Gasteiger partial charge in [-0.3, -0.25) is 0 Å². The van der Waals surface area contributed by atoms with Crippen molar-refractivity contribution in [2.45, 2.75) is 18.0 Å². The molecule has 102 valence electrons. The molecule has 0 saturated carbocycles. The molecule has 1 heterocycles. The Kier molecular flexibility index (Phi) is 4.41. The number of rotatable bonds is 5. The lowest BCUT2D eigenvalue weighted by Gasteiger charge is -2.05. The van der Waals surface area contributed by atoms with Crippen LogP contribution in [0.2, 0.25) is 0 Å². The van der Waals surface area contributed by atoms with E-state index < -0.39 is 10.0 Å². The summed E-state index contributed by atoms with van der Waals surface area (Å²) in [6.45, 7) is -0.165. The molecule has 0 atom stereocenters. The van der Waals surface area contributed by atoms with E-state index in [1.165, 1.54) is 6.07 Å². The number of aliphatic hydroxyl groups is 1. The van der Waals surface area contributed by atoms with Crippen molar-refractivity contribution in [2.75, 3.05) is 0 Å². The first-order chi connectivity index (χ1) is 9.03. The lowest BCUT2D eigenvalue weighted by molar-refractivity contribution is 0.245. The van der Waals surface area contributed by atoms with E-state index in [1.807, 2.05) is 30.3 Å². The standard InChI is InChI=1S/C12H12BrNO4S/c13-12-11(6-10(8-15)18-12)19(16,17)14-7-9-4-2-1-3-5-9/h1-6,14-15H,7-8H2. The van der Waals surface area contributed by atoms with Crippen molar-refractivity contribution in [1.82, 2.24) is 4.72 Å². The predicted octanol–water partition coefficient (Wildman–Crippen LogP) is 2.01. The fourth-order valence-corrected chi connectivity index (χ4v) is 3.52. The number of aliphatic hydroxyl groups excluding tert-OH is 1. The average Bonchev–Trinajstić information content (AvgIpc) is 2.80. The fourth-order valence-electron chi connectivity index (χ4n) is 1.51. The summed E-state index contributed by atoms with van der Waals surface area (Å²) in [4.78, 5) is -0.0209. The summed E-state index contributed by atoms with van der Waals surface area (Å²) >= 11 is 3.02. The summed E-state index contributed by atoms with van der Waals surface area (Å²) in [5.41, 5.74) is 0.855. The van der Waals surface area contributed by atoms with Crippen molar-refractivity contribution in [3.05, 3.63) is 52.4 Å². The molecule has 2 aromatic rings. The minimum absolute atomic E-state index is 0.0209. The second-order valence-electron chi connectivity index (χ2n) is 3.82. The molecule has 0 aliphatic carbocycles. The number of sulfonamides is 1. The quantitative estimate of drug-likeness (QED) is 0.868. The lowest BCUT2D eigenvalue weighted by Crippen LogP contribution is -2.23. The molecule has 1 aromatic carbocycles. The monoisotopic (exact) mass is 345 g/mol. The van der Waals surface area contributed by atoms with Gasteiger partial charge in [0, 0.05) is 12.6 Å². The van der Waals surface area contributed by atoms with Crippen LogP contribution >= 0.6 is 15.9 Å².